The maximum absolute atomic E-state index is 10.9. The smallest absolute Gasteiger partial charge is 0.372 e. The van der Waals surface area contributed by atoms with E-state index < -0.39 is 5.97 Å². The summed E-state index contributed by atoms with van der Waals surface area (Å²) in [7, 11) is 0. The first kappa shape index (κ1) is 13.3. The molecule has 0 aliphatic carbocycles. The lowest BCUT2D eigenvalue weighted by atomic mass is 10.3. The summed E-state index contributed by atoms with van der Waals surface area (Å²) in [4.78, 5) is 11.6. The van der Waals surface area contributed by atoms with Crippen molar-refractivity contribution in [2.24, 2.45) is 0 Å². The molecule has 1 heterocycles. The van der Waals surface area contributed by atoms with Crippen molar-refractivity contribution in [1.29, 1.82) is 0 Å². The summed E-state index contributed by atoms with van der Waals surface area (Å²) in [5.41, 5.74) is 0.600. The summed E-state index contributed by atoms with van der Waals surface area (Å²) < 4.78 is 4.90. The van der Waals surface area contributed by atoms with Gasteiger partial charge >= 0.3 is 5.97 Å². The average Bonchev–Trinajstić information content (AvgIpc) is 2.76. The minimum atomic E-state index is -1.08. The second-order valence-electron chi connectivity index (χ2n) is 3.42. The predicted molar refractivity (Wildman–Crippen MR) is 71.7 cm³/mol. The van der Waals surface area contributed by atoms with Crippen LogP contribution in [0.3, 0.4) is 0 Å². The van der Waals surface area contributed by atoms with Gasteiger partial charge in [0.05, 0.1) is 16.3 Å². The fourth-order valence-electron chi connectivity index (χ4n) is 1.41. The molecule has 0 saturated carbocycles. The Kier molecular flexibility index (Phi) is 4.22. The number of carboxylic acids is 1. The standard InChI is InChI=1S/C12H8Cl2O3S/c13-8-2-1-3-9(14)11(8)18-6-7-4-5-17-10(7)12(15)16/h1-5H,6H2,(H,15,16). The van der Waals surface area contributed by atoms with Crippen LogP contribution in [0.5, 0.6) is 0 Å². The van der Waals surface area contributed by atoms with Crippen molar-refractivity contribution in [3.8, 4) is 0 Å². The molecule has 2 rings (SSSR count). The molecular weight excluding hydrogens is 295 g/mol. The van der Waals surface area contributed by atoms with Gasteiger partial charge < -0.3 is 9.52 Å². The first-order valence-corrected chi connectivity index (χ1v) is 6.70. The largest absolute Gasteiger partial charge is 0.475 e. The molecule has 0 spiro atoms. The van der Waals surface area contributed by atoms with Crippen LogP contribution in [0.4, 0.5) is 0 Å². The van der Waals surface area contributed by atoms with Gasteiger partial charge in [-0.2, -0.15) is 0 Å². The van der Waals surface area contributed by atoms with Gasteiger partial charge in [0.15, 0.2) is 0 Å². The summed E-state index contributed by atoms with van der Waals surface area (Å²) >= 11 is 13.4. The molecule has 0 unspecified atom stereocenters. The van der Waals surface area contributed by atoms with Crippen molar-refractivity contribution in [3.63, 3.8) is 0 Å². The van der Waals surface area contributed by atoms with Gasteiger partial charge in [-0.05, 0) is 18.2 Å². The van der Waals surface area contributed by atoms with Crippen LogP contribution < -0.4 is 0 Å². The molecule has 3 nitrogen and oxygen atoms in total. The van der Waals surface area contributed by atoms with Crippen LogP contribution >= 0.6 is 35.0 Å². The second-order valence-corrected chi connectivity index (χ2v) is 5.22. The third kappa shape index (κ3) is 2.83. The van der Waals surface area contributed by atoms with Gasteiger partial charge in [0.25, 0.3) is 0 Å². The number of benzene rings is 1. The van der Waals surface area contributed by atoms with Crippen molar-refractivity contribution >= 4 is 40.9 Å². The zero-order valence-electron chi connectivity index (χ0n) is 9.02. The van der Waals surface area contributed by atoms with E-state index >= 15 is 0 Å². The van der Waals surface area contributed by atoms with E-state index in [4.69, 9.17) is 32.7 Å². The van der Waals surface area contributed by atoms with Crippen LogP contribution in [0, 0.1) is 0 Å². The Morgan fingerprint density at radius 2 is 1.94 bits per heavy atom. The van der Waals surface area contributed by atoms with Crippen LogP contribution in [0.2, 0.25) is 10.0 Å². The fraction of sp³-hybridized carbons (Fsp3) is 0.0833. The number of hydrogen-bond acceptors (Lipinski definition) is 3. The van der Waals surface area contributed by atoms with E-state index in [1.54, 1.807) is 24.3 Å². The molecule has 1 N–H and O–H groups in total. The van der Waals surface area contributed by atoms with Crippen LogP contribution in [0.25, 0.3) is 0 Å². The third-order valence-electron chi connectivity index (χ3n) is 2.23. The minimum Gasteiger partial charge on any atom is -0.475 e. The lowest BCUT2D eigenvalue weighted by Crippen LogP contribution is -1.97. The van der Waals surface area contributed by atoms with E-state index in [0.717, 1.165) is 4.90 Å². The van der Waals surface area contributed by atoms with Crippen molar-refractivity contribution in [2.75, 3.05) is 0 Å². The van der Waals surface area contributed by atoms with E-state index in [0.29, 0.717) is 21.4 Å². The van der Waals surface area contributed by atoms with E-state index in [9.17, 15) is 4.79 Å². The molecule has 0 radical (unpaired) electrons. The number of hydrogen-bond donors (Lipinski definition) is 1. The Hall–Kier alpha value is -1.10. The second kappa shape index (κ2) is 5.69. The Labute approximate surface area is 118 Å². The molecule has 0 aliphatic heterocycles. The van der Waals surface area contributed by atoms with Gasteiger partial charge in [-0.3, -0.25) is 0 Å². The van der Waals surface area contributed by atoms with E-state index in [-0.39, 0.29) is 5.76 Å². The first-order chi connectivity index (χ1) is 8.59. The Morgan fingerprint density at radius 3 is 2.56 bits per heavy atom. The maximum atomic E-state index is 10.9. The fourth-order valence-corrected chi connectivity index (χ4v) is 3.07. The Bertz CT molecular complexity index is 560. The first-order valence-electron chi connectivity index (χ1n) is 4.96. The molecule has 0 saturated heterocycles. The zero-order valence-corrected chi connectivity index (χ0v) is 11.4. The number of halogens is 2. The summed E-state index contributed by atoms with van der Waals surface area (Å²) in [6.07, 6.45) is 1.35. The molecule has 1 aromatic heterocycles. The van der Waals surface area contributed by atoms with Crippen LogP contribution in [-0.2, 0) is 5.75 Å². The number of aromatic carboxylic acids is 1. The zero-order chi connectivity index (χ0) is 13.1. The summed E-state index contributed by atoms with van der Waals surface area (Å²) in [5, 5.41) is 10.0. The molecule has 0 atom stereocenters. The molecule has 0 aliphatic rings. The predicted octanol–water partition coefficient (Wildman–Crippen LogP) is 4.58. The highest BCUT2D eigenvalue weighted by molar-refractivity contribution is 7.98. The lowest BCUT2D eigenvalue weighted by molar-refractivity contribution is 0.0661. The van der Waals surface area contributed by atoms with Gasteiger partial charge in [-0.1, -0.05) is 29.3 Å². The number of carboxylic acid groups (broad SMARTS) is 1. The number of furan rings is 1. The lowest BCUT2D eigenvalue weighted by Gasteiger charge is -2.05. The summed E-state index contributed by atoms with van der Waals surface area (Å²) in [6, 6.07) is 6.86. The molecule has 6 heteroatoms. The van der Waals surface area contributed by atoms with Gasteiger partial charge in [0.2, 0.25) is 5.76 Å². The van der Waals surface area contributed by atoms with Crippen LogP contribution in [0.1, 0.15) is 16.1 Å². The van der Waals surface area contributed by atoms with Gasteiger partial charge in [0, 0.05) is 16.2 Å². The van der Waals surface area contributed by atoms with Gasteiger partial charge in [0.1, 0.15) is 0 Å². The van der Waals surface area contributed by atoms with E-state index in [1.807, 2.05) is 0 Å². The number of rotatable bonds is 4. The molecule has 0 amide bonds. The highest BCUT2D eigenvalue weighted by Gasteiger charge is 2.15. The SMILES string of the molecule is O=C(O)c1occc1CSc1c(Cl)cccc1Cl. The summed E-state index contributed by atoms with van der Waals surface area (Å²) in [6.45, 7) is 0. The molecule has 0 fully saturated rings. The van der Waals surface area contributed by atoms with Crippen molar-refractivity contribution in [3.05, 3.63) is 51.9 Å². The number of thioether (sulfide) groups is 1. The van der Waals surface area contributed by atoms with Crippen molar-refractivity contribution in [2.45, 2.75) is 10.6 Å². The Morgan fingerprint density at radius 1 is 1.28 bits per heavy atom. The molecule has 0 bridgehead atoms. The molecular formula is C12H8Cl2O3S. The average molecular weight is 303 g/mol. The Balaban J connectivity index is 2.17. The quantitative estimate of drug-likeness (QED) is 0.840. The van der Waals surface area contributed by atoms with Crippen molar-refractivity contribution in [1.82, 2.24) is 0 Å². The topological polar surface area (TPSA) is 50.4 Å². The molecule has 18 heavy (non-hydrogen) atoms. The highest BCUT2D eigenvalue weighted by atomic mass is 35.5. The van der Waals surface area contributed by atoms with Crippen LogP contribution in [0.15, 0.2) is 39.8 Å². The van der Waals surface area contributed by atoms with Gasteiger partial charge in [-0.25, -0.2) is 4.79 Å². The maximum Gasteiger partial charge on any atom is 0.372 e. The minimum absolute atomic E-state index is 0.0503. The van der Waals surface area contributed by atoms with Gasteiger partial charge in [-0.15, -0.1) is 11.8 Å². The highest BCUT2D eigenvalue weighted by Crippen LogP contribution is 2.36. The third-order valence-corrected chi connectivity index (χ3v) is 4.27. The molecule has 94 valence electrons. The van der Waals surface area contributed by atoms with E-state index in [1.165, 1.54) is 18.0 Å². The normalized spacial score (nSPS) is 10.6. The van der Waals surface area contributed by atoms with Crippen LogP contribution in [-0.4, -0.2) is 11.1 Å². The van der Waals surface area contributed by atoms with Crippen molar-refractivity contribution < 1.29 is 14.3 Å². The monoisotopic (exact) mass is 302 g/mol. The number of carbonyl (C=O) groups is 1. The van der Waals surface area contributed by atoms with E-state index in [2.05, 4.69) is 0 Å². The summed E-state index contributed by atoms with van der Waals surface area (Å²) in [5.74, 6) is -0.701. The molecule has 2 aromatic rings. The molecule has 1 aromatic carbocycles.